The Bertz CT molecular complexity index is 606. The van der Waals surface area contributed by atoms with Crippen LogP contribution >= 0.6 is 0 Å². The molecule has 2 aromatic carbocycles. The minimum Gasteiger partial charge on any atom is -0.508 e. The van der Waals surface area contributed by atoms with E-state index in [2.05, 4.69) is 5.32 Å². The molecule has 104 valence electrons. The first-order chi connectivity index (χ1) is 9.56. The van der Waals surface area contributed by atoms with Crippen LogP contribution in [0.15, 0.2) is 42.5 Å². The maximum atomic E-state index is 11.9. The van der Waals surface area contributed by atoms with Gasteiger partial charge in [-0.1, -0.05) is 12.1 Å². The normalized spacial score (nSPS) is 10.2. The SMILES string of the molecule is Cc1cc(C(=O)NCCc2ccc(O)cc2)ccc1O. The average Bonchev–Trinajstić information content (AvgIpc) is 2.44. The molecule has 0 saturated heterocycles. The predicted octanol–water partition coefficient (Wildman–Crippen LogP) is 2.38. The number of amides is 1. The van der Waals surface area contributed by atoms with E-state index in [-0.39, 0.29) is 17.4 Å². The summed E-state index contributed by atoms with van der Waals surface area (Å²) in [7, 11) is 0. The average molecular weight is 271 g/mol. The molecule has 0 spiro atoms. The molecule has 0 aromatic heterocycles. The molecule has 0 heterocycles. The van der Waals surface area contributed by atoms with Gasteiger partial charge in [0.25, 0.3) is 5.91 Å². The molecule has 3 N–H and O–H groups in total. The van der Waals surface area contributed by atoms with Crippen LogP contribution in [0.1, 0.15) is 21.5 Å². The van der Waals surface area contributed by atoms with Gasteiger partial charge >= 0.3 is 0 Å². The minimum atomic E-state index is -0.160. The van der Waals surface area contributed by atoms with Crippen LogP contribution in [0.5, 0.6) is 11.5 Å². The van der Waals surface area contributed by atoms with Crippen molar-refractivity contribution in [2.24, 2.45) is 0 Å². The van der Waals surface area contributed by atoms with E-state index < -0.39 is 0 Å². The van der Waals surface area contributed by atoms with Gasteiger partial charge in [-0.25, -0.2) is 0 Å². The number of hydrogen-bond donors (Lipinski definition) is 3. The number of hydrogen-bond acceptors (Lipinski definition) is 3. The molecular formula is C16H17NO3. The molecule has 0 radical (unpaired) electrons. The smallest absolute Gasteiger partial charge is 0.251 e. The fourth-order valence-corrected chi connectivity index (χ4v) is 1.88. The topological polar surface area (TPSA) is 69.6 Å². The minimum absolute atomic E-state index is 0.160. The van der Waals surface area contributed by atoms with Gasteiger partial charge < -0.3 is 15.5 Å². The van der Waals surface area contributed by atoms with E-state index >= 15 is 0 Å². The molecule has 2 rings (SSSR count). The first-order valence-electron chi connectivity index (χ1n) is 6.42. The summed E-state index contributed by atoms with van der Waals surface area (Å²) in [5.41, 5.74) is 2.26. The summed E-state index contributed by atoms with van der Waals surface area (Å²) < 4.78 is 0. The van der Waals surface area contributed by atoms with Gasteiger partial charge in [0, 0.05) is 12.1 Å². The molecular weight excluding hydrogens is 254 g/mol. The lowest BCUT2D eigenvalue weighted by Gasteiger charge is -2.07. The van der Waals surface area contributed by atoms with Gasteiger partial charge in [0.1, 0.15) is 11.5 Å². The van der Waals surface area contributed by atoms with Crippen molar-refractivity contribution in [2.45, 2.75) is 13.3 Å². The molecule has 0 aliphatic carbocycles. The van der Waals surface area contributed by atoms with E-state index in [4.69, 9.17) is 0 Å². The van der Waals surface area contributed by atoms with Gasteiger partial charge in [-0.3, -0.25) is 4.79 Å². The highest BCUT2D eigenvalue weighted by Gasteiger charge is 2.06. The summed E-state index contributed by atoms with van der Waals surface area (Å²) in [5, 5.41) is 21.4. The van der Waals surface area contributed by atoms with Crippen molar-refractivity contribution in [3.63, 3.8) is 0 Å². The van der Waals surface area contributed by atoms with Gasteiger partial charge in [-0.2, -0.15) is 0 Å². The fraction of sp³-hybridized carbons (Fsp3) is 0.188. The van der Waals surface area contributed by atoms with Crippen LogP contribution in [0.25, 0.3) is 0 Å². The second-order valence-corrected chi connectivity index (χ2v) is 4.67. The van der Waals surface area contributed by atoms with Crippen LogP contribution in [0.4, 0.5) is 0 Å². The number of carbonyl (C=O) groups excluding carboxylic acids is 1. The van der Waals surface area contributed by atoms with Crippen LogP contribution in [-0.2, 0) is 6.42 Å². The van der Waals surface area contributed by atoms with Crippen molar-refractivity contribution < 1.29 is 15.0 Å². The molecule has 0 aliphatic rings. The zero-order valence-electron chi connectivity index (χ0n) is 11.3. The Morgan fingerprint density at radius 1 is 1.10 bits per heavy atom. The summed E-state index contributed by atoms with van der Waals surface area (Å²) in [6.45, 7) is 2.27. The maximum Gasteiger partial charge on any atom is 0.251 e. The molecule has 0 aliphatic heterocycles. The Hall–Kier alpha value is -2.49. The van der Waals surface area contributed by atoms with Crippen LogP contribution in [0.3, 0.4) is 0 Å². The number of aryl methyl sites for hydroxylation is 1. The molecule has 1 amide bonds. The summed E-state index contributed by atoms with van der Waals surface area (Å²) in [6.07, 6.45) is 0.698. The Morgan fingerprint density at radius 3 is 2.45 bits per heavy atom. The lowest BCUT2D eigenvalue weighted by atomic mass is 10.1. The van der Waals surface area contributed by atoms with Crippen molar-refractivity contribution >= 4 is 5.91 Å². The maximum absolute atomic E-state index is 11.9. The van der Waals surface area contributed by atoms with Gasteiger partial charge in [0.2, 0.25) is 0 Å². The standard InChI is InChI=1S/C16H17NO3/c1-11-10-13(4-7-15(11)19)16(20)17-9-8-12-2-5-14(18)6-3-12/h2-7,10,18-19H,8-9H2,1H3,(H,17,20). The quantitative estimate of drug-likeness (QED) is 0.799. The lowest BCUT2D eigenvalue weighted by molar-refractivity contribution is 0.0954. The van der Waals surface area contributed by atoms with Gasteiger partial charge in [0.05, 0.1) is 0 Å². The Morgan fingerprint density at radius 2 is 1.80 bits per heavy atom. The first kappa shape index (κ1) is 13.9. The molecule has 0 unspecified atom stereocenters. The number of carbonyl (C=O) groups is 1. The highest BCUT2D eigenvalue weighted by molar-refractivity contribution is 5.94. The van der Waals surface area contributed by atoms with E-state index in [1.54, 1.807) is 31.2 Å². The predicted molar refractivity (Wildman–Crippen MR) is 77.0 cm³/mol. The summed E-state index contributed by atoms with van der Waals surface area (Å²) in [4.78, 5) is 11.9. The zero-order chi connectivity index (χ0) is 14.5. The van der Waals surface area contributed by atoms with E-state index in [1.165, 1.54) is 6.07 Å². The summed E-state index contributed by atoms with van der Waals surface area (Å²) in [6, 6.07) is 11.7. The molecule has 4 nitrogen and oxygen atoms in total. The third kappa shape index (κ3) is 3.51. The van der Waals surface area contributed by atoms with E-state index in [1.807, 2.05) is 12.1 Å². The summed E-state index contributed by atoms with van der Waals surface area (Å²) >= 11 is 0. The van der Waals surface area contributed by atoms with Crippen molar-refractivity contribution in [1.82, 2.24) is 5.32 Å². The van der Waals surface area contributed by atoms with Gasteiger partial charge in [-0.05, 0) is 54.8 Å². The fourth-order valence-electron chi connectivity index (χ4n) is 1.88. The number of phenols is 2. The van der Waals surface area contributed by atoms with Crippen LogP contribution in [-0.4, -0.2) is 22.7 Å². The summed E-state index contributed by atoms with van der Waals surface area (Å²) in [5.74, 6) is 0.259. The van der Waals surface area contributed by atoms with Crippen molar-refractivity contribution in [2.75, 3.05) is 6.54 Å². The van der Waals surface area contributed by atoms with Crippen molar-refractivity contribution in [1.29, 1.82) is 0 Å². The third-order valence-corrected chi connectivity index (χ3v) is 3.09. The second kappa shape index (κ2) is 6.10. The Labute approximate surface area is 117 Å². The number of benzene rings is 2. The third-order valence-electron chi connectivity index (χ3n) is 3.09. The molecule has 0 atom stereocenters. The zero-order valence-corrected chi connectivity index (χ0v) is 11.3. The second-order valence-electron chi connectivity index (χ2n) is 4.67. The monoisotopic (exact) mass is 271 g/mol. The Balaban J connectivity index is 1.88. The van der Waals surface area contributed by atoms with Crippen LogP contribution in [0.2, 0.25) is 0 Å². The van der Waals surface area contributed by atoms with Crippen LogP contribution < -0.4 is 5.32 Å². The number of rotatable bonds is 4. The van der Waals surface area contributed by atoms with E-state index in [0.717, 1.165) is 5.56 Å². The first-order valence-corrected chi connectivity index (χ1v) is 6.42. The number of phenolic OH excluding ortho intramolecular Hbond substituents is 2. The van der Waals surface area contributed by atoms with Crippen molar-refractivity contribution in [3.8, 4) is 11.5 Å². The van der Waals surface area contributed by atoms with Gasteiger partial charge in [0.15, 0.2) is 0 Å². The molecule has 4 heteroatoms. The Kier molecular flexibility index (Phi) is 4.25. The molecule has 2 aromatic rings. The van der Waals surface area contributed by atoms with Crippen LogP contribution in [0, 0.1) is 6.92 Å². The molecule has 0 bridgehead atoms. The van der Waals surface area contributed by atoms with Crippen molar-refractivity contribution in [3.05, 3.63) is 59.2 Å². The van der Waals surface area contributed by atoms with E-state index in [0.29, 0.717) is 24.1 Å². The van der Waals surface area contributed by atoms with Gasteiger partial charge in [-0.15, -0.1) is 0 Å². The highest BCUT2D eigenvalue weighted by Crippen LogP contribution is 2.16. The van der Waals surface area contributed by atoms with E-state index in [9.17, 15) is 15.0 Å². The molecule has 0 fully saturated rings. The largest absolute Gasteiger partial charge is 0.508 e. The number of nitrogens with one attached hydrogen (secondary N) is 1. The highest BCUT2D eigenvalue weighted by atomic mass is 16.3. The molecule has 20 heavy (non-hydrogen) atoms. The lowest BCUT2D eigenvalue weighted by Crippen LogP contribution is -2.25. The number of aromatic hydroxyl groups is 2. The molecule has 0 saturated carbocycles.